The number of sulfone groups is 1. The molecular formula is C23H29NO5S. The largest absolute Gasteiger partial charge is 0.491 e. The predicted octanol–water partition coefficient (Wildman–Crippen LogP) is 3.96. The number of benzene rings is 2. The summed E-state index contributed by atoms with van der Waals surface area (Å²) in [6.45, 7) is 5.37. The number of unbranched alkanes of at least 4 members (excludes halogenated alkanes) is 1. The van der Waals surface area contributed by atoms with Gasteiger partial charge in [0.25, 0.3) is 0 Å². The number of rotatable bonds is 11. The van der Waals surface area contributed by atoms with Crippen LogP contribution >= 0.6 is 0 Å². The number of fused-ring (bicyclic) bond motifs is 1. The van der Waals surface area contributed by atoms with E-state index in [9.17, 15) is 13.5 Å². The van der Waals surface area contributed by atoms with Crippen LogP contribution in [-0.2, 0) is 16.3 Å². The SMILES string of the molecule is CCCCc1oc2ccccc2c1S(=O)(=O)c1ccc(OCC(O)CNCC)cc1. The quantitative estimate of drug-likeness (QED) is 0.478. The third-order valence-corrected chi connectivity index (χ3v) is 6.73. The molecule has 0 radical (unpaired) electrons. The molecule has 0 saturated heterocycles. The molecule has 1 heterocycles. The van der Waals surface area contributed by atoms with Gasteiger partial charge in [0, 0.05) is 18.4 Å². The van der Waals surface area contributed by atoms with Gasteiger partial charge in [-0.3, -0.25) is 0 Å². The summed E-state index contributed by atoms with van der Waals surface area (Å²) in [7, 11) is -3.75. The average molecular weight is 432 g/mol. The summed E-state index contributed by atoms with van der Waals surface area (Å²) < 4.78 is 38.3. The molecule has 6 nitrogen and oxygen atoms in total. The van der Waals surface area contributed by atoms with Gasteiger partial charge in [0.05, 0.1) is 4.90 Å². The van der Waals surface area contributed by atoms with Crippen molar-refractivity contribution in [2.75, 3.05) is 19.7 Å². The fourth-order valence-corrected chi connectivity index (χ4v) is 4.90. The lowest BCUT2D eigenvalue weighted by atomic mass is 10.2. The summed E-state index contributed by atoms with van der Waals surface area (Å²) in [4.78, 5) is 0.439. The number of para-hydroxylation sites is 1. The molecule has 162 valence electrons. The van der Waals surface area contributed by atoms with Gasteiger partial charge in [0.15, 0.2) is 0 Å². The first-order valence-corrected chi connectivity index (χ1v) is 11.8. The van der Waals surface area contributed by atoms with E-state index in [2.05, 4.69) is 12.2 Å². The number of furan rings is 1. The zero-order chi connectivity index (χ0) is 21.6. The fraction of sp³-hybridized carbons (Fsp3) is 0.391. The molecule has 3 aromatic rings. The van der Waals surface area contributed by atoms with Crippen LogP contribution in [0.2, 0.25) is 0 Å². The first-order chi connectivity index (χ1) is 14.5. The van der Waals surface area contributed by atoms with Crippen molar-refractivity contribution in [3.05, 3.63) is 54.3 Å². The summed E-state index contributed by atoms with van der Waals surface area (Å²) >= 11 is 0. The summed E-state index contributed by atoms with van der Waals surface area (Å²) in [6.07, 6.45) is 1.74. The number of hydrogen-bond acceptors (Lipinski definition) is 6. The van der Waals surface area contributed by atoms with E-state index >= 15 is 0 Å². The molecule has 2 aromatic carbocycles. The molecule has 7 heteroatoms. The molecule has 0 aliphatic carbocycles. The first kappa shape index (κ1) is 22.3. The molecule has 0 fully saturated rings. The molecule has 2 N–H and O–H groups in total. The second-order valence-corrected chi connectivity index (χ2v) is 9.09. The summed E-state index contributed by atoms with van der Waals surface area (Å²) in [5, 5.41) is 13.5. The number of aliphatic hydroxyl groups excluding tert-OH is 1. The standard InChI is InChI=1S/C23H29NO5S/c1-3-5-9-22-23(20-8-6-7-10-21(20)29-22)30(26,27)19-13-11-18(12-14-19)28-16-17(25)15-24-4-2/h6-8,10-14,17,24-25H,3-5,9,15-16H2,1-2H3. The van der Waals surface area contributed by atoms with E-state index in [1.54, 1.807) is 24.3 Å². The second-order valence-electron chi connectivity index (χ2n) is 7.20. The van der Waals surface area contributed by atoms with Gasteiger partial charge in [0.2, 0.25) is 9.84 Å². The Labute approximate surface area is 177 Å². The minimum absolute atomic E-state index is 0.132. The molecule has 0 amide bonds. The van der Waals surface area contributed by atoms with Crippen LogP contribution in [0.4, 0.5) is 0 Å². The Balaban J connectivity index is 1.85. The lowest BCUT2D eigenvalue weighted by Gasteiger charge is -2.13. The maximum absolute atomic E-state index is 13.4. The fourth-order valence-electron chi connectivity index (χ4n) is 3.26. The minimum Gasteiger partial charge on any atom is -0.491 e. The van der Waals surface area contributed by atoms with Crippen molar-refractivity contribution in [3.63, 3.8) is 0 Å². The van der Waals surface area contributed by atoms with Crippen LogP contribution in [0.15, 0.2) is 62.7 Å². The molecule has 0 bridgehead atoms. The number of ether oxygens (including phenoxy) is 1. The summed E-state index contributed by atoms with van der Waals surface area (Å²) in [5.74, 6) is 1.01. The van der Waals surface area contributed by atoms with Gasteiger partial charge >= 0.3 is 0 Å². The molecule has 1 atom stereocenters. The highest BCUT2D eigenvalue weighted by Crippen LogP contribution is 2.35. The maximum Gasteiger partial charge on any atom is 0.210 e. The second kappa shape index (κ2) is 10.1. The van der Waals surface area contributed by atoms with Crippen LogP contribution < -0.4 is 10.1 Å². The van der Waals surface area contributed by atoms with Crippen LogP contribution in [0.25, 0.3) is 11.0 Å². The third-order valence-electron chi connectivity index (χ3n) is 4.85. The van der Waals surface area contributed by atoms with E-state index in [1.807, 2.05) is 19.1 Å². The highest BCUT2D eigenvalue weighted by molar-refractivity contribution is 7.91. The molecule has 0 saturated carbocycles. The van der Waals surface area contributed by atoms with Crippen molar-refractivity contribution in [1.29, 1.82) is 0 Å². The summed E-state index contributed by atoms with van der Waals surface area (Å²) in [6, 6.07) is 13.5. The highest BCUT2D eigenvalue weighted by atomic mass is 32.2. The first-order valence-electron chi connectivity index (χ1n) is 10.3. The van der Waals surface area contributed by atoms with Crippen molar-refractivity contribution >= 4 is 20.8 Å². The maximum atomic E-state index is 13.4. The molecule has 0 aliphatic heterocycles. The lowest BCUT2D eigenvalue weighted by Crippen LogP contribution is -2.31. The van der Waals surface area contributed by atoms with Crippen molar-refractivity contribution < 1.29 is 22.7 Å². The van der Waals surface area contributed by atoms with Gasteiger partial charge in [-0.05, 0) is 49.4 Å². The average Bonchev–Trinajstić information content (AvgIpc) is 3.14. The molecule has 3 rings (SSSR count). The monoisotopic (exact) mass is 431 g/mol. The van der Waals surface area contributed by atoms with Gasteiger partial charge in [0.1, 0.15) is 34.7 Å². The Bertz CT molecular complexity index is 1060. The van der Waals surface area contributed by atoms with Crippen LogP contribution in [0.3, 0.4) is 0 Å². The number of hydrogen-bond donors (Lipinski definition) is 2. The Morgan fingerprint density at radius 1 is 1.10 bits per heavy atom. The Hall–Kier alpha value is -2.35. The van der Waals surface area contributed by atoms with Crippen molar-refractivity contribution in [1.82, 2.24) is 5.32 Å². The smallest absolute Gasteiger partial charge is 0.210 e. The van der Waals surface area contributed by atoms with Gasteiger partial charge in [-0.25, -0.2) is 8.42 Å². The summed E-state index contributed by atoms with van der Waals surface area (Å²) in [5.41, 5.74) is 0.580. The molecular weight excluding hydrogens is 402 g/mol. The molecule has 1 aromatic heterocycles. The van der Waals surface area contributed by atoms with E-state index in [1.165, 1.54) is 12.1 Å². The van der Waals surface area contributed by atoms with Gasteiger partial charge in [-0.15, -0.1) is 0 Å². The van der Waals surface area contributed by atoms with Crippen LogP contribution in [-0.4, -0.2) is 39.3 Å². The van der Waals surface area contributed by atoms with Gasteiger partial charge < -0.3 is 19.6 Å². The number of aliphatic hydroxyl groups is 1. The molecule has 1 unspecified atom stereocenters. The van der Waals surface area contributed by atoms with E-state index in [0.717, 1.165) is 19.4 Å². The van der Waals surface area contributed by atoms with Crippen LogP contribution in [0, 0.1) is 0 Å². The topological polar surface area (TPSA) is 88.8 Å². The van der Waals surface area contributed by atoms with Crippen molar-refractivity contribution in [2.45, 2.75) is 49.0 Å². The highest BCUT2D eigenvalue weighted by Gasteiger charge is 2.27. The zero-order valence-electron chi connectivity index (χ0n) is 17.4. The van der Waals surface area contributed by atoms with E-state index < -0.39 is 15.9 Å². The minimum atomic E-state index is -3.75. The zero-order valence-corrected chi connectivity index (χ0v) is 18.2. The van der Waals surface area contributed by atoms with E-state index in [4.69, 9.17) is 9.15 Å². The predicted molar refractivity (Wildman–Crippen MR) is 117 cm³/mol. The third kappa shape index (κ3) is 5.03. The van der Waals surface area contributed by atoms with Gasteiger partial charge in [-0.2, -0.15) is 0 Å². The molecule has 30 heavy (non-hydrogen) atoms. The number of aryl methyl sites for hydroxylation is 1. The number of nitrogens with one attached hydrogen (secondary N) is 1. The van der Waals surface area contributed by atoms with E-state index in [0.29, 0.717) is 35.4 Å². The van der Waals surface area contributed by atoms with E-state index in [-0.39, 0.29) is 16.4 Å². The van der Waals surface area contributed by atoms with Gasteiger partial charge in [-0.1, -0.05) is 32.4 Å². The van der Waals surface area contributed by atoms with Crippen LogP contribution in [0.1, 0.15) is 32.4 Å². The Morgan fingerprint density at radius 2 is 1.83 bits per heavy atom. The van der Waals surface area contributed by atoms with Crippen LogP contribution in [0.5, 0.6) is 5.75 Å². The molecule has 0 aliphatic rings. The Kier molecular flexibility index (Phi) is 7.53. The number of likely N-dealkylation sites (N-methyl/N-ethyl adjacent to an activating group) is 1. The Morgan fingerprint density at radius 3 is 2.53 bits per heavy atom. The lowest BCUT2D eigenvalue weighted by molar-refractivity contribution is 0.107. The van der Waals surface area contributed by atoms with Crippen molar-refractivity contribution in [3.8, 4) is 5.75 Å². The molecule has 0 spiro atoms. The normalized spacial score (nSPS) is 12.9. The van der Waals surface area contributed by atoms with Crippen molar-refractivity contribution in [2.24, 2.45) is 0 Å².